The molecule has 154 valence electrons. The number of amides is 2. The van der Waals surface area contributed by atoms with Crippen LogP contribution < -0.4 is 9.74 Å². The molecule has 4 rings (SSSR count). The van der Waals surface area contributed by atoms with E-state index in [4.69, 9.17) is 11.8 Å². The fourth-order valence-corrected chi connectivity index (χ4v) is 3.67. The summed E-state index contributed by atoms with van der Waals surface area (Å²) in [6.45, 7) is 3.15. The Morgan fingerprint density at radius 1 is 0.839 bits per heavy atom. The van der Waals surface area contributed by atoms with Gasteiger partial charge in [0, 0.05) is 41.0 Å². The standard InChI is InChI=1S/C24H17ClN2O4/c1-13-7-9-15(10-8-13)24(31)26-21-19(27(25)14(2)28)12-11-18-20(21)23(30)17-6-4-3-5-16(17)22(18)29/h3-12H,1-2H3,(H,26,31). The van der Waals surface area contributed by atoms with Crippen molar-refractivity contribution in [2.45, 2.75) is 13.8 Å². The zero-order chi connectivity index (χ0) is 22.3. The van der Waals surface area contributed by atoms with Crippen LogP contribution in [0.5, 0.6) is 0 Å². The van der Waals surface area contributed by atoms with Gasteiger partial charge in [0.2, 0.25) is 5.91 Å². The van der Waals surface area contributed by atoms with Crippen molar-refractivity contribution in [3.8, 4) is 0 Å². The molecule has 0 spiro atoms. The van der Waals surface area contributed by atoms with Crippen molar-refractivity contribution in [1.82, 2.24) is 0 Å². The fraction of sp³-hybridized carbons (Fsp3) is 0.0833. The third-order valence-electron chi connectivity index (χ3n) is 5.11. The lowest BCUT2D eigenvalue weighted by Crippen LogP contribution is -2.27. The maximum absolute atomic E-state index is 13.3. The van der Waals surface area contributed by atoms with Crippen molar-refractivity contribution in [2.24, 2.45) is 0 Å². The molecule has 2 amide bonds. The highest BCUT2D eigenvalue weighted by Crippen LogP contribution is 2.39. The number of aryl methyl sites for hydroxylation is 1. The van der Waals surface area contributed by atoms with Crippen molar-refractivity contribution >= 4 is 46.5 Å². The molecule has 0 saturated carbocycles. The molecule has 1 aliphatic rings. The van der Waals surface area contributed by atoms with Crippen LogP contribution in [0, 0.1) is 6.92 Å². The molecular formula is C24H17ClN2O4. The predicted octanol–water partition coefficient (Wildman–Crippen LogP) is 4.53. The topological polar surface area (TPSA) is 83.6 Å². The third kappa shape index (κ3) is 3.51. The van der Waals surface area contributed by atoms with E-state index in [0.717, 1.165) is 9.98 Å². The monoisotopic (exact) mass is 432 g/mol. The van der Waals surface area contributed by atoms with Crippen LogP contribution in [-0.2, 0) is 4.79 Å². The lowest BCUT2D eigenvalue weighted by atomic mass is 9.82. The molecule has 0 aliphatic heterocycles. The molecule has 31 heavy (non-hydrogen) atoms. The van der Waals surface area contributed by atoms with Crippen LogP contribution in [0.3, 0.4) is 0 Å². The van der Waals surface area contributed by atoms with Gasteiger partial charge in [0.25, 0.3) is 5.91 Å². The molecule has 0 radical (unpaired) electrons. The molecule has 0 atom stereocenters. The molecule has 0 aromatic heterocycles. The number of nitrogens with one attached hydrogen (secondary N) is 1. The number of benzene rings is 3. The number of carbonyl (C=O) groups excluding carboxylic acids is 4. The first-order valence-corrected chi connectivity index (χ1v) is 9.83. The predicted molar refractivity (Wildman–Crippen MR) is 118 cm³/mol. The summed E-state index contributed by atoms with van der Waals surface area (Å²) in [7, 11) is 0. The maximum atomic E-state index is 13.3. The number of hydrogen-bond acceptors (Lipinski definition) is 4. The van der Waals surface area contributed by atoms with Crippen LogP contribution in [0.25, 0.3) is 0 Å². The molecule has 0 saturated heterocycles. The minimum absolute atomic E-state index is 0.00793. The van der Waals surface area contributed by atoms with Crippen molar-refractivity contribution in [2.75, 3.05) is 9.74 Å². The Balaban J connectivity index is 1.90. The summed E-state index contributed by atoms with van der Waals surface area (Å²) >= 11 is 6.16. The lowest BCUT2D eigenvalue weighted by Gasteiger charge is -2.24. The number of ketones is 2. The molecular weight excluding hydrogens is 416 g/mol. The average molecular weight is 433 g/mol. The lowest BCUT2D eigenvalue weighted by molar-refractivity contribution is -0.115. The van der Waals surface area contributed by atoms with Gasteiger partial charge >= 0.3 is 0 Å². The van der Waals surface area contributed by atoms with E-state index < -0.39 is 17.6 Å². The molecule has 0 unspecified atom stereocenters. The van der Waals surface area contributed by atoms with Crippen LogP contribution >= 0.6 is 11.8 Å². The normalized spacial score (nSPS) is 12.1. The highest BCUT2D eigenvalue weighted by molar-refractivity contribution is 6.39. The Kier molecular flexibility index (Phi) is 5.17. The molecule has 1 aliphatic carbocycles. The quantitative estimate of drug-likeness (QED) is 0.482. The van der Waals surface area contributed by atoms with Crippen molar-refractivity contribution in [3.63, 3.8) is 0 Å². The van der Waals surface area contributed by atoms with Crippen LogP contribution in [0.15, 0.2) is 60.7 Å². The second-order valence-corrected chi connectivity index (χ2v) is 7.54. The smallest absolute Gasteiger partial charge is 0.255 e. The average Bonchev–Trinajstić information content (AvgIpc) is 2.77. The first-order chi connectivity index (χ1) is 14.8. The van der Waals surface area contributed by atoms with E-state index in [1.165, 1.54) is 19.1 Å². The number of anilines is 2. The summed E-state index contributed by atoms with van der Waals surface area (Å²) in [5, 5.41) is 2.70. The first-order valence-electron chi connectivity index (χ1n) is 9.49. The summed E-state index contributed by atoms with van der Waals surface area (Å²) in [5.41, 5.74) is 2.12. The van der Waals surface area contributed by atoms with Gasteiger partial charge in [-0.05, 0) is 31.2 Å². The van der Waals surface area contributed by atoms with Gasteiger partial charge in [0.15, 0.2) is 11.6 Å². The van der Waals surface area contributed by atoms with Crippen molar-refractivity contribution in [3.05, 3.63) is 94.0 Å². The number of rotatable bonds is 3. The van der Waals surface area contributed by atoms with E-state index in [0.29, 0.717) is 5.56 Å². The van der Waals surface area contributed by atoms with E-state index in [2.05, 4.69) is 5.32 Å². The SMILES string of the molecule is CC(=O)N(Cl)c1ccc2c(c1NC(=O)c1ccc(C)cc1)C(=O)c1ccccc1C2=O. The van der Waals surface area contributed by atoms with E-state index in [1.807, 2.05) is 6.92 Å². The molecule has 3 aromatic carbocycles. The molecule has 0 bridgehead atoms. The fourth-order valence-electron chi connectivity index (χ4n) is 3.53. The van der Waals surface area contributed by atoms with Gasteiger partial charge in [-0.3, -0.25) is 19.2 Å². The maximum Gasteiger partial charge on any atom is 0.255 e. The number of nitrogens with zero attached hydrogens (tertiary/aromatic N) is 1. The third-order valence-corrected chi connectivity index (χ3v) is 5.53. The Hall–Kier alpha value is -3.77. The highest BCUT2D eigenvalue weighted by Gasteiger charge is 2.34. The highest BCUT2D eigenvalue weighted by atomic mass is 35.5. The van der Waals surface area contributed by atoms with E-state index >= 15 is 0 Å². The Morgan fingerprint density at radius 2 is 1.45 bits per heavy atom. The minimum atomic E-state index is -0.512. The molecule has 0 heterocycles. The zero-order valence-corrected chi connectivity index (χ0v) is 17.5. The Bertz CT molecular complexity index is 1270. The molecule has 6 nitrogen and oxygen atoms in total. The first kappa shape index (κ1) is 20.5. The van der Waals surface area contributed by atoms with Gasteiger partial charge in [-0.15, -0.1) is 0 Å². The van der Waals surface area contributed by atoms with Crippen LogP contribution in [0.2, 0.25) is 0 Å². The summed E-state index contributed by atoms with van der Waals surface area (Å²) in [6, 6.07) is 16.2. The number of halogens is 1. The molecule has 3 aromatic rings. The largest absolute Gasteiger partial charge is 0.319 e. The van der Waals surface area contributed by atoms with Gasteiger partial charge in [0.05, 0.1) is 16.9 Å². The molecule has 1 N–H and O–H groups in total. The molecule has 0 fully saturated rings. The van der Waals surface area contributed by atoms with Gasteiger partial charge in [-0.2, -0.15) is 0 Å². The van der Waals surface area contributed by atoms with E-state index in [-0.39, 0.29) is 39.4 Å². The van der Waals surface area contributed by atoms with Gasteiger partial charge < -0.3 is 5.32 Å². The Morgan fingerprint density at radius 3 is 2.06 bits per heavy atom. The van der Waals surface area contributed by atoms with E-state index in [9.17, 15) is 19.2 Å². The van der Waals surface area contributed by atoms with Crippen LogP contribution in [-0.4, -0.2) is 23.4 Å². The van der Waals surface area contributed by atoms with Crippen LogP contribution in [0.4, 0.5) is 11.4 Å². The second-order valence-electron chi connectivity index (χ2n) is 7.21. The van der Waals surface area contributed by atoms with Gasteiger partial charge in [-0.25, -0.2) is 4.42 Å². The van der Waals surface area contributed by atoms with Crippen LogP contribution in [0.1, 0.15) is 54.7 Å². The summed E-state index contributed by atoms with van der Waals surface area (Å²) in [6.07, 6.45) is 0. The number of fused-ring (bicyclic) bond motifs is 2. The summed E-state index contributed by atoms with van der Waals surface area (Å²) in [4.78, 5) is 51.2. The summed E-state index contributed by atoms with van der Waals surface area (Å²) in [5.74, 6) is -1.78. The minimum Gasteiger partial charge on any atom is -0.319 e. The van der Waals surface area contributed by atoms with Gasteiger partial charge in [-0.1, -0.05) is 42.0 Å². The second kappa shape index (κ2) is 7.81. The van der Waals surface area contributed by atoms with Gasteiger partial charge in [0.1, 0.15) is 0 Å². The number of carbonyl (C=O) groups is 4. The summed E-state index contributed by atoms with van der Waals surface area (Å²) < 4.78 is 0.809. The number of hydrogen-bond donors (Lipinski definition) is 1. The van der Waals surface area contributed by atoms with E-state index in [1.54, 1.807) is 48.5 Å². The molecule has 7 heteroatoms. The Labute approximate surface area is 183 Å². The van der Waals surface area contributed by atoms with Crippen molar-refractivity contribution in [1.29, 1.82) is 0 Å². The zero-order valence-electron chi connectivity index (χ0n) is 16.7. The van der Waals surface area contributed by atoms with Crippen molar-refractivity contribution < 1.29 is 19.2 Å².